The molecule has 0 atom stereocenters. The Morgan fingerprint density at radius 1 is 1.23 bits per heavy atom. The number of nitrogens with zero attached hydrogens (tertiary/aromatic N) is 4. The van der Waals surface area contributed by atoms with Crippen LogP contribution in [0.4, 0.5) is 0 Å². The van der Waals surface area contributed by atoms with Crippen molar-refractivity contribution in [2.45, 2.75) is 27.2 Å². The number of carbonyl (C=O) groups excluding carboxylic acids is 1. The molecule has 0 N–H and O–H groups in total. The van der Waals surface area contributed by atoms with Gasteiger partial charge in [0.1, 0.15) is 11.2 Å². The van der Waals surface area contributed by atoms with Crippen molar-refractivity contribution in [2.75, 3.05) is 19.7 Å². The molecule has 0 radical (unpaired) electrons. The second-order valence-electron chi connectivity index (χ2n) is 5.84. The van der Waals surface area contributed by atoms with Crippen molar-refractivity contribution >= 4 is 27.5 Å². The molecular weight excluding hydrogens is 348 g/mol. The third-order valence-corrected chi connectivity index (χ3v) is 5.44. The molecule has 0 aliphatic rings. The first-order valence-electron chi connectivity index (χ1n) is 8.70. The van der Waals surface area contributed by atoms with E-state index < -0.39 is 0 Å². The molecule has 3 aromatic heterocycles. The molecule has 0 bridgehead atoms. The summed E-state index contributed by atoms with van der Waals surface area (Å²) >= 11 is 1.41. The van der Waals surface area contributed by atoms with Crippen LogP contribution in [-0.2, 0) is 6.42 Å². The molecule has 6 nitrogen and oxygen atoms in total. The van der Waals surface area contributed by atoms with Gasteiger partial charge in [-0.15, -0.1) is 11.3 Å². The Morgan fingerprint density at radius 3 is 2.69 bits per heavy atom. The van der Waals surface area contributed by atoms with E-state index >= 15 is 0 Å². The predicted molar refractivity (Wildman–Crippen MR) is 103 cm³/mol. The topological polar surface area (TPSA) is 68.2 Å². The highest BCUT2D eigenvalue weighted by Crippen LogP contribution is 2.35. The third kappa shape index (κ3) is 3.67. The lowest BCUT2D eigenvalue weighted by molar-refractivity contribution is 0.0770. The molecule has 3 rings (SSSR count). The van der Waals surface area contributed by atoms with E-state index in [0.29, 0.717) is 30.5 Å². The molecule has 0 unspecified atom stereocenters. The van der Waals surface area contributed by atoms with Crippen LogP contribution in [0.1, 0.15) is 34.6 Å². The lowest BCUT2D eigenvalue weighted by Crippen LogP contribution is -2.32. The van der Waals surface area contributed by atoms with Crippen molar-refractivity contribution in [3.05, 3.63) is 46.9 Å². The highest BCUT2D eigenvalue weighted by atomic mass is 32.1. The Bertz CT molecular complexity index is 895. The molecule has 1 amide bonds. The number of thiophene rings is 1. The fourth-order valence-electron chi connectivity index (χ4n) is 2.85. The predicted octanol–water partition coefficient (Wildman–Crippen LogP) is 3.50. The Morgan fingerprint density at radius 2 is 2.00 bits per heavy atom. The maximum atomic E-state index is 13.1. The minimum absolute atomic E-state index is 0.0319. The number of hydrogen-bond donors (Lipinski definition) is 0. The number of amides is 1. The van der Waals surface area contributed by atoms with Gasteiger partial charge in [0.2, 0.25) is 5.88 Å². The summed E-state index contributed by atoms with van der Waals surface area (Å²) in [5.74, 6) is 0.578. The molecule has 136 valence electrons. The average Bonchev–Trinajstić information content (AvgIpc) is 3.01. The maximum absolute atomic E-state index is 13.1. The van der Waals surface area contributed by atoms with Crippen LogP contribution in [0.5, 0.6) is 5.88 Å². The van der Waals surface area contributed by atoms with Crippen LogP contribution in [0, 0.1) is 6.92 Å². The molecular formula is C19H22N4O2S. The fourth-order valence-corrected chi connectivity index (χ4v) is 3.96. The van der Waals surface area contributed by atoms with E-state index in [2.05, 4.69) is 15.0 Å². The highest BCUT2D eigenvalue weighted by Gasteiger charge is 2.23. The van der Waals surface area contributed by atoms with Crippen LogP contribution < -0.4 is 4.74 Å². The number of pyridine rings is 1. The summed E-state index contributed by atoms with van der Waals surface area (Å²) in [7, 11) is 0. The molecule has 0 aromatic carbocycles. The van der Waals surface area contributed by atoms with Gasteiger partial charge in [-0.3, -0.25) is 9.78 Å². The molecule has 0 aliphatic heterocycles. The first-order valence-corrected chi connectivity index (χ1v) is 9.52. The van der Waals surface area contributed by atoms with E-state index in [1.54, 1.807) is 12.4 Å². The van der Waals surface area contributed by atoms with E-state index in [9.17, 15) is 4.79 Å². The van der Waals surface area contributed by atoms with Gasteiger partial charge in [0.05, 0.1) is 16.9 Å². The maximum Gasteiger partial charge on any atom is 0.264 e. The molecule has 7 heteroatoms. The largest absolute Gasteiger partial charge is 0.477 e. The van der Waals surface area contributed by atoms with Crippen molar-refractivity contribution in [3.8, 4) is 5.88 Å². The summed E-state index contributed by atoms with van der Waals surface area (Å²) in [6.07, 6.45) is 5.84. The van der Waals surface area contributed by atoms with E-state index in [1.807, 2.05) is 37.8 Å². The SMILES string of the molecule is CCOc1ncnc2sc(C(=O)N(CC)CCc3ccncc3)c(C)c12. The number of aromatic nitrogens is 3. The number of hydrogen-bond acceptors (Lipinski definition) is 6. The van der Waals surface area contributed by atoms with E-state index in [1.165, 1.54) is 23.2 Å². The second-order valence-corrected chi connectivity index (χ2v) is 6.84. The smallest absolute Gasteiger partial charge is 0.264 e. The van der Waals surface area contributed by atoms with Gasteiger partial charge >= 0.3 is 0 Å². The van der Waals surface area contributed by atoms with Crippen molar-refractivity contribution in [2.24, 2.45) is 0 Å². The standard InChI is InChI=1S/C19H22N4O2S/c1-4-23(11-8-14-6-9-20-10-7-14)19(24)16-13(3)15-17(25-5-2)21-12-22-18(15)26-16/h6-7,9-10,12H,4-5,8,11H2,1-3H3. The molecule has 0 saturated heterocycles. The van der Waals surface area contributed by atoms with Gasteiger partial charge in [-0.1, -0.05) is 0 Å². The van der Waals surface area contributed by atoms with Crippen molar-refractivity contribution in [3.63, 3.8) is 0 Å². The molecule has 0 aliphatic carbocycles. The van der Waals surface area contributed by atoms with Crippen molar-refractivity contribution in [1.29, 1.82) is 0 Å². The average molecular weight is 370 g/mol. The Hall–Kier alpha value is -2.54. The van der Waals surface area contributed by atoms with E-state index in [4.69, 9.17) is 4.74 Å². The first-order chi connectivity index (χ1) is 12.7. The lowest BCUT2D eigenvalue weighted by Gasteiger charge is -2.20. The number of carbonyl (C=O) groups is 1. The van der Waals surface area contributed by atoms with Gasteiger partial charge in [-0.25, -0.2) is 9.97 Å². The van der Waals surface area contributed by atoms with Gasteiger partial charge < -0.3 is 9.64 Å². The zero-order valence-electron chi connectivity index (χ0n) is 15.2. The molecule has 3 heterocycles. The van der Waals surface area contributed by atoms with Crippen molar-refractivity contribution in [1.82, 2.24) is 19.9 Å². The van der Waals surface area contributed by atoms with Gasteiger partial charge in [0.15, 0.2) is 0 Å². The van der Waals surface area contributed by atoms with Crippen LogP contribution in [0.3, 0.4) is 0 Å². The first kappa shape index (κ1) is 18.3. The van der Waals surface area contributed by atoms with Crippen LogP contribution in [0.15, 0.2) is 30.9 Å². The summed E-state index contributed by atoms with van der Waals surface area (Å²) < 4.78 is 5.61. The number of likely N-dealkylation sites (N-methyl/N-ethyl adjacent to an activating group) is 1. The summed E-state index contributed by atoms with van der Waals surface area (Å²) in [6, 6.07) is 3.96. The van der Waals surface area contributed by atoms with Crippen LogP contribution in [0.25, 0.3) is 10.2 Å². The zero-order chi connectivity index (χ0) is 18.5. The molecule has 26 heavy (non-hydrogen) atoms. The lowest BCUT2D eigenvalue weighted by atomic mass is 10.1. The van der Waals surface area contributed by atoms with E-state index in [0.717, 1.165) is 22.2 Å². The van der Waals surface area contributed by atoms with Crippen LogP contribution in [-0.4, -0.2) is 45.5 Å². The summed E-state index contributed by atoms with van der Waals surface area (Å²) in [6.45, 7) is 7.70. The summed E-state index contributed by atoms with van der Waals surface area (Å²) in [4.78, 5) is 29.0. The number of rotatable bonds is 7. The summed E-state index contributed by atoms with van der Waals surface area (Å²) in [5, 5.41) is 0.841. The van der Waals surface area contributed by atoms with Gasteiger partial charge in [-0.05, 0) is 50.5 Å². The normalized spacial score (nSPS) is 10.9. The van der Waals surface area contributed by atoms with Gasteiger partial charge in [0.25, 0.3) is 5.91 Å². The third-order valence-electron chi connectivity index (χ3n) is 4.26. The Labute approximate surface area is 156 Å². The number of fused-ring (bicyclic) bond motifs is 1. The molecule has 0 saturated carbocycles. The van der Waals surface area contributed by atoms with Crippen molar-refractivity contribution < 1.29 is 9.53 Å². The Kier molecular flexibility index (Phi) is 5.78. The second kappa shape index (κ2) is 8.23. The minimum Gasteiger partial charge on any atom is -0.477 e. The number of aryl methyl sites for hydroxylation is 1. The quantitative estimate of drug-likeness (QED) is 0.637. The van der Waals surface area contributed by atoms with E-state index in [-0.39, 0.29) is 5.91 Å². The van der Waals surface area contributed by atoms with Gasteiger partial charge in [0, 0.05) is 25.5 Å². The fraction of sp³-hybridized carbons (Fsp3) is 0.368. The van der Waals surface area contributed by atoms with Crippen LogP contribution in [0.2, 0.25) is 0 Å². The monoisotopic (exact) mass is 370 g/mol. The molecule has 0 spiro atoms. The molecule has 3 aromatic rings. The summed E-state index contributed by atoms with van der Waals surface area (Å²) in [5.41, 5.74) is 2.06. The van der Waals surface area contributed by atoms with Gasteiger partial charge in [-0.2, -0.15) is 0 Å². The van der Waals surface area contributed by atoms with Crippen LogP contribution >= 0.6 is 11.3 Å². The molecule has 0 fully saturated rings. The number of ether oxygens (including phenoxy) is 1. The zero-order valence-corrected chi connectivity index (χ0v) is 16.0. The highest BCUT2D eigenvalue weighted by molar-refractivity contribution is 7.20. The Balaban J connectivity index is 1.85. The minimum atomic E-state index is 0.0319.